The van der Waals surface area contributed by atoms with Crippen molar-refractivity contribution in [3.05, 3.63) is 106 Å². The monoisotopic (exact) mass is 466 g/mol. The number of benzene rings is 3. The number of non-ortho nitro benzene ring substituents is 1. The summed E-state index contributed by atoms with van der Waals surface area (Å²) in [6.07, 6.45) is 1.65. The van der Waals surface area contributed by atoms with E-state index in [-0.39, 0.29) is 17.2 Å². The van der Waals surface area contributed by atoms with Gasteiger partial charge < -0.3 is 0 Å². The summed E-state index contributed by atoms with van der Waals surface area (Å²) in [4.78, 5) is 52.8. The zero-order valence-corrected chi connectivity index (χ0v) is 18.2. The van der Waals surface area contributed by atoms with Gasteiger partial charge in [0.1, 0.15) is 6.04 Å². The van der Waals surface area contributed by atoms with Crippen LogP contribution in [0.15, 0.2) is 84.0 Å². The van der Waals surface area contributed by atoms with E-state index in [1.807, 2.05) is 24.3 Å². The number of amides is 2. The Balaban J connectivity index is 1.47. The molecule has 0 bridgehead atoms. The van der Waals surface area contributed by atoms with Gasteiger partial charge in [0.05, 0.1) is 34.7 Å². The van der Waals surface area contributed by atoms with Crippen molar-refractivity contribution in [1.29, 1.82) is 0 Å². The van der Waals surface area contributed by atoms with Crippen molar-refractivity contribution in [2.75, 3.05) is 4.90 Å². The molecule has 3 heterocycles. The predicted octanol–water partition coefficient (Wildman–Crippen LogP) is 3.36. The standard InChI is InChI=1S/C26H18N4O5/c31-24(15-6-2-1-3-7-15)23-21-20(22-19-9-5-4-8-16(19)14-27-29(22)23)25(32)28(26(21)33)17-10-12-18(13-11-17)30(34)35/h1-14,20-23H/t20-,21-,22+,23+/m1/s1. The minimum Gasteiger partial charge on any atom is -0.292 e. The zero-order valence-electron chi connectivity index (χ0n) is 18.2. The van der Waals surface area contributed by atoms with Crippen LogP contribution in [0.2, 0.25) is 0 Å². The molecule has 4 atom stereocenters. The molecule has 0 saturated carbocycles. The molecule has 0 spiro atoms. The van der Waals surface area contributed by atoms with E-state index in [0.29, 0.717) is 5.56 Å². The summed E-state index contributed by atoms with van der Waals surface area (Å²) in [5, 5.41) is 17.2. The Labute approximate surface area is 199 Å². The van der Waals surface area contributed by atoms with Crippen molar-refractivity contribution in [2.24, 2.45) is 16.9 Å². The number of Topliss-reactive ketones (excluding diaryl/α,β-unsaturated/α-hetero) is 1. The molecule has 6 rings (SSSR count). The van der Waals surface area contributed by atoms with Crippen LogP contribution in [0.4, 0.5) is 11.4 Å². The second-order valence-electron chi connectivity index (χ2n) is 8.71. The quantitative estimate of drug-likeness (QED) is 0.252. The van der Waals surface area contributed by atoms with Crippen LogP contribution in [0, 0.1) is 22.0 Å². The van der Waals surface area contributed by atoms with Crippen LogP contribution in [-0.4, -0.2) is 39.8 Å². The summed E-state index contributed by atoms with van der Waals surface area (Å²) in [5.74, 6) is -3.01. The van der Waals surface area contributed by atoms with Crippen LogP contribution >= 0.6 is 0 Å². The van der Waals surface area contributed by atoms with Crippen LogP contribution in [0.1, 0.15) is 27.5 Å². The number of hydrogen-bond donors (Lipinski definition) is 0. The normalized spacial score (nSPS) is 24.2. The van der Waals surface area contributed by atoms with Gasteiger partial charge in [-0.3, -0.25) is 29.5 Å². The third-order valence-corrected chi connectivity index (χ3v) is 6.94. The second-order valence-corrected chi connectivity index (χ2v) is 8.71. The van der Waals surface area contributed by atoms with Gasteiger partial charge in [0.15, 0.2) is 5.78 Å². The first kappa shape index (κ1) is 20.9. The summed E-state index contributed by atoms with van der Waals surface area (Å²) < 4.78 is 0. The third kappa shape index (κ3) is 3.01. The lowest BCUT2D eigenvalue weighted by Gasteiger charge is -2.33. The molecule has 2 saturated heterocycles. The first-order valence-electron chi connectivity index (χ1n) is 11.1. The Kier molecular flexibility index (Phi) is 4.60. The molecule has 35 heavy (non-hydrogen) atoms. The molecule has 2 amide bonds. The Morgan fingerprint density at radius 1 is 0.857 bits per heavy atom. The topological polar surface area (TPSA) is 113 Å². The molecule has 2 fully saturated rings. The molecule has 0 aromatic heterocycles. The highest BCUT2D eigenvalue weighted by Gasteiger charge is 2.65. The van der Waals surface area contributed by atoms with Crippen molar-refractivity contribution in [3.8, 4) is 0 Å². The predicted molar refractivity (Wildman–Crippen MR) is 126 cm³/mol. The number of nitro groups is 1. The van der Waals surface area contributed by atoms with Crippen LogP contribution in [-0.2, 0) is 9.59 Å². The minimum atomic E-state index is -0.962. The summed E-state index contributed by atoms with van der Waals surface area (Å²) in [6.45, 7) is 0. The lowest BCUT2D eigenvalue weighted by molar-refractivity contribution is -0.384. The molecule has 3 aromatic rings. The largest absolute Gasteiger partial charge is 0.292 e. The van der Waals surface area contributed by atoms with Gasteiger partial charge in [-0.05, 0) is 23.3 Å². The van der Waals surface area contributed by atoms with E-state index < -0.39 is 40.7 Å². The Hall–Kier alpha value is -4.66. The fourth-order valence-electron chi connectivity index (χ4n) is 5.42. The number of anilines is 1. The van der Waals surface area contributed by atoms with E-state index in [2.05, 4.69) is 5.10 Å². The van der Waals surface area contributed by atoms with Gasteiger partial charge in [-0.2, -0.15) is 5.10 Å². The fourth-order valence-corrected chi connectivity index (χ4v) is 5.42. The van der Waals surface area contributed by atoms with Gasteiger partial charge >= 0.3 is 0 Å². The molecule has 3 aliphatic rings. The third-order valence-electron chi connectivity index (χ3n) is 6.94. The average Bonchev–Trinajstić information content (AvgIpc) is 3.36. The Morgan fingerprint density at radius 2 is 1.51 bits per heavy atom. The van der Waals surface area contributed by atoms with Gasteiger partial charge in [-0.25, -0.2) is 4.90 Å². The molecule has 3 aromatic carbocycles. The van der Waals surface area contributed by atoms with Gasteiger partial charge in [-0.1, -0.05) is 54.6 Å². The van der Waals surface area contributed by atoms with E-state index in [0.717, 1.165) is 16.0 Å². The number of carbonyl (C=O) groups is 3. The molecule has 172 valence electrons. The van der Waals surface area contributed by atoms with E-state index in [9.17, 15) is 24.5 Å². The van der Waals surface area contributed by atoms with Crippen molar-refractivity contribution in [3.63, 3.8) is 0 Å². The fraction of sp³-hybridized carbons (Fsp3) is 0.154. The first-order chi connectivity index (χ1) is 17.0. The summed E-state index contributed by atoms with van der Waals surface area (Å²) in [6, 6.07) is 19.9. The Bertz CT molecular complexity index is 1420. The highest BCUT2D eigenvalue weighted by Crippen LogP contribution is 2.53. The minimum absolute atomic E-state index is 0.146. The van der Waals surface area contributed by atoms with Crippen LogP contribution in [0.3, 0.4) is 0 Å². The number of hydrogen-bond acceptors (Lipinski definition) is 7. The van der Waals surface area contributed by atoms with Gasteiger partial charge in [-0.15, -0.1) is 0 Å². The molecular weight excluding hydrogens is 448 g/mol. The lowest BCUT2D eigenvalue weighted by Crippen LogP contribution is -2.44. The van der Waals surface area contributed by atoms with E-state index in [1.54, 1.807) is 41.6 Å². The summed E-state index contributed by atoms with van der Waals surface area (Å²) in [5.41, 5.74) is 2.18. The summed E-state index contributed by atoms with van der Waals surface area (Å²) >= 11 is 0. The molecule has 0 radical (unpaired) electrons. The van der Waals surface area contributed by atoms with Crippen molar-refractivity contribution in [1.82, 2.24) is 5.01 Å². The number of ketones is 1. The van der Waals surface area contributed by atoms with Crippen molar-refractivity contribution >= 4 is 35.2 Å². The van der Waals surface area contributed by atoms with Gasteiger partial charge in [0.25, 0.3) is 5.69 Å². The first-order valence-corrected chi connectivity index (χ1v) is 11.1. The maximum atomic E-state index is 13.8. The summed E-state index contributed by atoms with van der Waals surface area (Å²) in [7, 11) is 0. The number of nitro benzene ring substituents is 1. The SMILES string of the molecule is O=C(c1ccccc1)[C@@H]1[C@@H]2C(=O)N(c3ccc([N+](=O)[O-])cc3)C(=O)[C@H]2[C@@H]2c3ccccc3C=NN12. The van der Waals surface area contributed by atoms with E-state index in [1.165, 1.54) is 24.3 Å². The number of fused-ring (bicyclic) bond motifs is 5. The molecule has 0 aliphatic carbocycles. The van der Waals surface area contributed by atoms with Crippen molar-refractivity contribution in [2.45, 2.75) is 12.1 Å². The number of rotatable bonds is 4. The Morgan fingerprint density at radius 3 is 2.23 bits per heavy atom. The number of nitrogens with zero attached hydrogens (tertiary/aromatic N) is 4. The van der Waals surface area contributed by atoms with Gasteiger partial charge in [0, 0.05) is 17.7 Å². The molecule has 0 N–H and O–H groups in total. The highest BCUT2D eigenvalue weighted by atomic mass is 16.6. The maximum absolute atomic E-state index is 13.8. The van der Waals surface area contributed by atoms with E-state index >= 15 is 0 Å². The van der Waals surface area contributed by atoms with Crippen LogP contribution in [0.25, 0.3) is 0 Å². The van der Waals surface area contributed by atoms with Crippen LogP contribution < -0.4 is 4.90 Å². The smallest absolute Gasteiger partial charge is 0.269 e. The second kappa shape index (κ2) is 7.69. The highest BCUT2D eigenvalue weighted by molar-refractivity contribution is 6.24. The molecule has 3 aliphatic heterocycles. The number of carbonyl (C=O) groups excluding carboxylic acids is 3. The average molecular weight is 466 g/mol. The molecule has 9 nitrogen and oxygen atoms in total. The van der Waals surface area contributed by atoms with Gasteiger partial charge in [0.2, 0.25) is 11.8 Å². The van der Waals surface area contributed by atoms with E-state index in [4.69, 9.17) is 0 Å². The lowest BCUT2D eigenvalue weighted by atomic mass is 9.83. The number of hydrazone groups is 1. The number of imide groups is 1. The maximum Gasteiger partial charge on any atom is 0.269 e. The molecule has 9 heteroatoms. The molecular formula is C26H18N4O5. The van der Waals surface area contributed by atoms with Crippen LogP contribution in [0.5, 0.6) is 0 Å². The van der Waals surface area contributed by atoms with Crippen molar-refractivity contribution < 1.29 is 19.3 Å². The molecule has 0 unspecified atom stereocenters. The zero-order chi connectivity index (χ0) is 24.3.